The SMILES string of the molecule is CCOc1ccc(/C=C(/C(=O)Nc2nc(CN(C)C)cs2)c2ccccc2)cc1. The summed E-state index contributed by atoms with van der Waals surface area (Å²) in [4.78, 5) is 19.6. The molecule has 3 rings (SSSR count). The van der Waals surface area contributed by atoms with Crippen LogP contribution in [0.2, 0.25) is 0 Å². The Balaban J connectivity index is 1.85. The summed E-state index contributed by atoms with van der Waals surface area (Å²) in [5.74, 6) is 0.627. The summed E-state index contributed by atoms with van der Waals surface area (Å²) in [5, 5.41) is 5.51. The van der Waals surface area contributed by atoms with Crippen LogP contribution in [0.25, 0.3) is 11.6 Å². The second kappa shape index (κ2) is 10.0. The van der Waals surface area contributed by atoms with E-state index < -0.39 is 0 Å². The number of aromatic nitrogens is 1. The zero-order chi connectivity index (χ0) is 20.6. The van der Waals surface area contributed by atoms with Crippen molar-refractivity contribution in [1.82, 2.24) is 9.88 Å². The van der Waals surface area contributed by atoms with Crippen molar-refractivity contribution in [2.45, 2.75) is 13.5 Å². The Morgan fingerprint density at radius 3 is 2.52 bits per heavy atom. The zero-order valence-corrected chi connectivity index (χ0v) is 17.7. The van der Waals surface area contributed by atoms with Crippen molar-refractivity contribution in [1.29, 1.82) is 0 Å². The third-order valence-corrected chi connectivity index (χ3v) is 4.89. The number of amides is 1. The maximum Gasteiger partial charge on any atom is 0.258 e. The van der Waals surface area contributed by atoms with E-state index in [1.54, 1.807) is 0 Å². The highest BCUT2D eigenvalue weighted by atomic mass is 32.1. The van der Waals surface area contributed by atoms with Gasteiger partial charge in [-0.3, -0.25) is 10.1 Å². The first-order valence-electron chi connectivity index (χ1n) is 9.45. The predicted molar refractivity (Wildman–Crippen MR) is 120 cm³/mol. The number of benzene rings is 2. The molecule has 5 nitrogen and oxygen atoms in total. The van der Waals surface area contributed by atoms with Gasteiger partial charge in [0.2, 0.25) is 0 Å². The molecule has 0 saturated carbocycles. The highest BCUT2D eigenvalue weighted by Gasteiger charge is 2.14. The van der Waals surface area contributed by atoms with Gasteiger partial charge in [0.05, 0.1) is 12.3 Å². The average Bonchev–Trinajstić information content (AvgIpc) is 3.14. The molecule has 1 aromatic heterocycles. The Labute approximate surface area is 175 Å². The lowest BCUT2D eigenvalue weighted by molar-refractivity contribution is -0.111. The second-order valence-electron chi connectivity index (χ2n) is 6.76. The summed E-state index contributed by atoms with van der Waals surface area (Å²) >= 11 is 1.43. The van der Waals surface area contributed by atoms with Crippen molar-refractivity contribution in [3.8, 4) is 5.75 Å². The van der Waals surface area contributed by atoms with Crippen molar-refractivity contribution >= 4 is 34.0 Å². The van der Waals surface area contributed by atoms with Crippen LogP contribution in [0.4, 0.5) is 5.13 Å². The molecule has 1 N–H and O–H groups in total. The van der Waals surface area contributed by atoms with Crippen molar-refractivity contribution in [2.24, 2.45) is 0 Å². The fourth-order valence-electron chi connectivity index (χ4n) is 2.82. The van der Waals surface area contributed by atoms with Crippen LogP contribution in [0.15, 0.2) is 60.0 Å². The minimum Gasteiger partial charge on any atom is -0.494 e. The number of carbonyl (C=O) groups is 1. The molecule has 150 valence electrons. The molecule has 0 atom stereocenters. The lowest BCUT2D eigenvalue weighted by atomic mass is 10.0. The van der Waals surface area contributed by atoms with Gasteiger partial charge in [-0.15, -0.1) is 11.3 Å². The molecule has 0 bridgehead atoms. The molecule has 1 heterocycles. The topological polar surface area (TPSA) is 54.5 Å². The van der Waals surface area contributed by atoms with E-state index in [1.165, 1.54) is 11.3 Å². The van der Waals surface area contributed by atoms with Gasteiger partial charge in [0.1, 0.15) is 5.75 Å². The fraction of sp³-hybridized carbons (Fsp3) is 0.217. The Morgan fingerprint density at radius 2 is 1.86 bits per heavy atom. The normalized spacial score (nSPS) is 11.5. The van der Waals surface area contributed by atoms with Crippen LogP contribution in [-0.2, 0) is 11.3 Å². The maximum absolute atomic E-state index is 13.1. The van der Waals surface area contributed by atoms with E-state index in [4.69, 9.17) is 4.74 Å². The molecule has 1 amide bonds. The summed E-state index contributed by atoms with van der Waals surface area (Å²) in [7, 11) is 3.98. The first kappa shape index (κ1) is 20.8. The second-order valence-corrected chi connectivity index (χ2v) is 7.62. The van der Waals surface area contributed by atoms with Gasteiger partial charge in [-0.1, -0.05) is 42.5 Å². The van der Waals surface area contributed by atoms with Crippen LogP contribution >= 0.6 is 11.3 Å². The lowest BCUT2D eigenvalue weighted by Gasteiger charge is -2.09. The molecule has 6 heteroatoms. The van der Waals surface area contributed by atoms with E-state index in [1.807, 2.05) is 92.0 Å². The van der Waals surface area contributed by atoms with Gasteiger partial charge in [-0.05, 0) is 50.4 Å². The Hall–Kier alpha value is -2.96. The lowest BCUT2D eigenvalue weighted by Crippen LogP contribution is -2.14. The Morgan fingerprint density at radius 1 is 1.14 bits per heavy atom. The van der Waals surface area contributed by atoms with E-state index in [9.17, 15) is 4.79 Å². The van der Waals surface area contributed by atoms with Crippen molar-refractivity contribution in [3.63, 3.8) is 0 Å². The molecule has 0 unspecified atom stereocenters. The van der Waals surface area contributed by atoms with Crippen LogP contribution in [0.3, 0.4) is 0 Å². The number of ether oxygens (including phenoxy) is 1. The number of carbonyl (C=O) groups excluding carboxylic acids is 1. The first-order valence-corrected chi connectivity index (χ1v) is 10.3. The van der Waals surface area contributed by atoms with Crippen LogP contribution in [0, 0.1) is 0 Å². The molecule has 0 fully saturated rings. The molecule has 29 heavy (non-hydrogen) atoms. The van der Waals surface area contributed by atoms with Gasteiger partial charge in [-0.2, -0.15) is 0 Å². The monoisotopic (exact) mass is 407 g/mol. The van der Waals surface area contributed by atoms with E-state index >= 15 is 0 Å². The van der Waals surface area contributed by atoms with Gasteiger partial charge in [0.25, 0.3) is 5.91 Å². The number of nitrogens with one attached hydrogen (secondary N) is 1. The highest BCUT2D eigenvalue weighted by Crippen LogP contribution is 2.23. The number of rotatable bonds is 8. The van der Waals surface area contributed by atoms with Gasteiger partial charge in [0.15, 0.2) is 5.13 Å². The zero-order valence-electron chi connectivity index (χ0n) is 16.9. The average molecular weight is 408 g/mol. The molecule has 0 spiro atoms. The summed E-state index contributed by atoms with van der Waals surface area (Å²) in [5.41, 5.74) is 3.30. The third-order valence-electron chi connectivity index (χ3n) is 4.08. The summed E-state index contributed by atoms with van der Waals surface area (Å²) < 4.78 is 5.50. The largest absolute Gasteiger partial charge is 0.494 e. The summed E-state index contributed by atoms with van der Waals surface area (Å²) in [6.07, 6.45) is 1.88. The molecular formula is C23H25N3O2S. The molecule has 0 aliphatic rings. The number of hydrogen-bond acceptors (Lipinski definition) is 5. The van der Waals surface area contributed by atoms with Crippen molar-refractivity contribution in [3.05, 3.63) is 76.8 Å². The molecule has 0 aliphatic heterocycles. The number of thiazole rings is 1. The Bertz CT molecular complexity index is 963. The smallest absolute Gasteiger partial charge is 0.258 e. The molecule has 3 aromatic rings. The van der Waals surface area contributed by atoms with Gasteiger partial charge < -0.3 is 9.64 Å². The van der Waals surface area contributed by atoms with Crippen molar-refractivity contribution in [2.75, 3.05) is 26.0 Å². The third kappa shape index (κ3) is 6.01. The quantitative estimate of drug-likeness (QED) is 0.431. The van der Waals surface area contributed by atoms with Gasteiger partial charge in [0, 0.05) is 17.5 Å². The molecule has 0 saturated heterocycles. The fourth-order valence-corrected chi connectivity index (χ4v) is 3.51. The minimum atomic E-state index is -0.184. The van der Waals surface area contributed by atoms with E-state index in [-0.39, 0.29) is 5.91 Å². The van der Waals surface area contributed by atoms with Crippen LogP contribution in [-0.4, -0.2) is 36.5 Å². The highest BCUT2D eigenvalue weighted by molar-refractivity contribution is 7.14. The number of anilines is 1. The summed E-state index contributed by atoms with van der Waals surface area (Å²) in [6.45, 7) is 3.31. The first-order chi connectivity index (χ1) is 14.0. The Kier molecular flexibility index (Phi) is 7.16. The predicted octanol–water partition coefficient (Wildman–Crippen LogP) is 4.78. The standard InChI is InChI=1S/C23H25N3O2S/c1-4-28-20-12-10-17(11-13-20)14-21(18-8-6-5-7-9-18)22(27)25-23-24-19(16-29-23)15-26(2)3/h5-14,16H,4,15H2,1-3H3,(H,24,25,27)/b21-14+. The number of hydrogen-bond donors (Lipinski definition) is 1. The van der Waals surface area contributed by atoms with Gasteiger partial charge >= 0.3 is 0 Å². The van der Waals surface area contributed by atoms with Crippen LogP contribution in [0.1, 0.15) is 23.7 Å². The summed E-state index contributed by atoms with van der Waals surface area (Å²) in [6, 6.07) is 17.3. The van der Waals surface area contributed by atoms with Crippen molar-refractivity contribution < 1.29 is 9.53 Å². The molecule has 0 aliphatic carbocycles. The van der Waals surface area contributed by atoms with Crippen LogP contribution in [0.5, 0.6) is 5.75 Å². The molecule has 2 aromatic carbocycles. The van der Waals surface area contributed by atoms with E-state index in [0.717, 1.165) is 29.1 Å². The maximum atomic E-state index is 13.1. The molecule has 0 radical (unpaired) electrons. The number of nitrogens with zero attached hydrogens (tertiary/aromatic N) is 2. The molecular weight excluding hydrogens is 382 g/mol. The minimum absolute atomic E-state index is 0.184. The van der Waals surface area contributed by atoms with Crippen LogP contribution < -0.4 is 10.1 Å². The van der Waals surface area contributed by atoms with E-state index in [2.05, 4.69) is 10.3 Å². The van der Waals surface area contributed by atoms with E-state index in [0.29, 0.717) is 17.3 Å². The van der Waals surface area contributed by atoms with Gasteiger partial charge in [-0.25, -0.2) is 4.98 Å².